The van der Waals surface area contributed by atoms with Crippen molar-refractivity contribution in [2.45, 2.75) is 44.2 Å². The highest BCUT2D eigenvalue weighted by Crippen LogP contribution is 2.36. The maximum atomic E-state index is 12.6. The number of anilines is 1. The van der Waals surface area contributed by atoms with E-state index in [-0.39, 0.29) is 48.1 Å². The van der Waals surface area contributed by atoms with Crippen LogP contribution in [0.4, 0.5) is 10.5 Å². The van der Waals surface area contributed by atoms with Crippen molar-refractivity contribution in [1.82, 2.24) is 63.0 Å². The number of ether oxygens (including phenoxy) is 4. The van der Waals surface area contributed by atoms with Crippen LogP contribution in [0.25, 0.3) is 111 Å². The molecule has 0 spiro atoms. The maximum Gasteiger partial charge on any atom is 0.321 e. The second kappa shape index (κ2) is 33.6. The molecule has 114 heavy (non-hydrogen) atoms. The van der Waals surface area contributed by atoms with Crippen LogP contribution >= 0.6 is 0 Å². The van der Waals surface area contributed by atoms with Crippen LogP contribution in [0.3, 0.4) is 0 Å². The standard InChI is InChI=1S/C23H21N5O3.C22H19N3O4.2C21H19N3O3/c29-18-10-11-27(12-18)23(31)26-16-8-6-15(7-9-16)19-13-28(17-4-2-1-3-5-17)21-20(19)22(30)25-14-24-21;26-21-19-18(10-25(20(19)23-14-24-21)16-4-2-1-3-5-16)15-6-8-17(9-7-15)29-13-22(27)11-28-12-22;1-14(25)12-27-17-9-7-15(8-10-17)18-11-24(16-5-3-2-4-6-16)20-19(18)22-13-23-21(20)26;1-14(25)12-27-17-9-7-15(8-10-17)18-11-24(16-5-3-2-4-6-16)20-19(18)21(26)23-13-22-20/h1-9,13-14,18,29H,10-12H2,(H,26,31)(H,24,25,30);1-10,14,27H,11-13H2,(H,23,24,26);2*2-11,13-14,25H,12H2,1H3,(H,22,23,26). The summed E-state index contributed by atoms with van der Waals surface area (Å²) in [4.78, 5) is 92.3. The molecule has 2 fully saturated rings. The molecule has 8 aromatic carbocycles. The summed E-state index contributed by atoms with van der Waals surface area (Å²) in [5.74, 6) is 1.99. The predicted molar refractivity (Wildman–Crippen MR) is 435 cm³/mol. The molecule has 3 atom stereocenters. The molecule has 2 amide bonds. The van der Waals surface area contributed by atoms with E-state index in [1.807, 2.05) is 249 Å². The van der Waals surface area contributed by atoms with Crippen LogP contribution in [0.1, 0.15) is 20.3 Å². The van der Waals surface area contributed by atoms with Gasteiger partial charge in [0.15, 0.2) is 16.9 Å². The lowest BCUT2D eigenvalue weighted by Crippen LogP contribution is -2.53. The molecule has 0 radical (unpaired) electrons. The molecule has 2 saturated heterocycles. The molecule has 0 saturated carbocycles. The number of aromatic nitrogens is 12. The third-order valence-corrected chi connectivity index (χ3v) is 19.1. The van der Waals surface area contributed by atoms with Gasteiger partial charge in [0.05, 0.1) is 73.0 Å². The summed E-state index contributed by atoms with van der Waals surface area (Å²) in [6.07, 6.45) is 12.4. The third-order valence-electron chi connectivity index (χ3n) is 19.1. The molecule has 9 N–H and O–H groups in total. The quantitative estimate of drug-likeness (QED) is 0.0385. The molecule has 0 aliphatic carbocycles. The molecule has 2 aliphatic rings. The first kappa shape index (κ1) is 75.3. The molecular formula is C87H78N14O13. The van der Waals surface area contributed by atoms with E-state index < -0.39 is 23.9 Å². The number of nitrogens with one attached hydrogen (secondary N) is 5. The zero-order chi connectivity index (χ0) is 78.8. The topological polar surface area (TPSA) is 353 Å². The van der Waals surface area contributed by atoms with Crippen molar-refractivity contribution in [1.29, 1.82) is 0 Å². The predicted octanol–water partition coefficient (Wildman–Crippen LogP) is 11.8. The molecule has 27 nitrogen and oxygen atoms in total. The Morgan fingerprint density at radius 3 is 1.19 bits per heavy atom. The highest BCUT2D eigenvalue weighted by atomic mass is 16.6. The van der Waals surface area contributed by atoms with E-state index in [1.54, 1.807) is 30.9 Å². The minimum Gasteiger partial charge on any atom is -0.491 e. The number of para-hydroxylation sites is 4. The summed E-state index contributed by atoms with van der Waals surface area (Å²) in [5.41, 5.74) is 12.3. The second-order valence-electron chi connectivity index (χ2n) is 27.5. The number of aliphatic hydroxyl groups excluding tert-OH is 3. The average Bonchev–Trinajstić information content (AvgIpc) is 1.63. The first-order chi connectivity index (χ1) is 55.5. The highest BCUT2D eigenvalue weighted by molar-refractivity contribution is 5.98. The number of aromatic amines is 4. The molecule has 8 aromatic heterocycles. The van der Waals surface area contributed by atoms with E-state index in [0.717, 1.165) is 67.3 Å². The van der Waals surface area contributed by atoms with Gasteiger partial charge in [-0.3, -0.25) is 19.2 Å². The van der Waals surface area contributed by atoms with Crippen LogP contribution in [0.2, 0.25) is 0 Å². The number of benzene rings is 8. The van der Waals surface area contributed by atoms with E-state index in [2.05, 4.69) is 45.2 Å². The molecule has 16 aromatic rings. The summed E-state index contributed by atoms with van der Waals surface area (Å²) < 4.78 is 29.3. The number of likely N-dealkylation sites (tertiary alicyclic amines) is 1. The van der Waals surface area contributed by atoms with Gasteiger partial charge in [-0.25, -0.2) is 24.7 Å². The van der Waals surface area contributed by atoms with Gasteiger partial charge in [-0.1, -0.05) is 121 Å². The number of hydrogen-bond acceptors (Lipinski definition) is 17. The maximum absolute atomic E-state index is 12.6. The minimum atomic E-state index is -0.902. The summed E-state index contributed by atoms with van der Waals surface area (Å²) in [6.45, 7) is 5.48. The lowest BCUT2D eigenvalue weighted by atomic mass is 10.0. The molecule has 0 bridgehead atoms. The first-order valence-electron chi connectivity index (χ1n) is 36.8. The Morgan fingerprint density at radius 2 is 0.825 bits per heavy atom. The van der Waals surface area contributed by atoms with Crippen LogP contribution in [0, 0.1) is 0 Å². The van der Waals surface area contributed by atoms with Crippen LogP contribution < -0.4 is 41.8 Å². The summed E-state index contributed by atoms with van der Waals surface area (Å²) in [5, 5.41) is 42.8. The minimum absolute atomic E-state index is 0.181. The number of β-amino-alcohol motifs (C(OH)–C–C–N with tert-alkyl or cyclic N) is 1. The van der Waals surface area contributed by atoms with E-state index in [0.29, 0.717) is 99.8 Å². The molecule has 18 rings (SSSR count). The van der Waals surface area contributed by atoms with Gasteiger partial charge in [0.2, 0.25) is 0 Å². The van der Waals surface area contributed by atoms with Gasteiger partial charge in [0.1, 0.15) is 53.7 Å². The first-order valence-corrected chi connectivity index (χ1v) is 36.8. The number of fused-ring (bicyclic) bond motifs is 4. The zero-order valence-corrected chi connectivity index (χ0v) is 61.8. The molecule has 3 unspecified atom stereocenters. The fourth-order valence-corrected chi connectivity index (χ4v) is 13.4. The Morgan fingerprint density at radius 1 is 0.474 bits per heavy atom. The molecule has 27 heteroatoms. The van der Waals surface area contributed by atoms with E-state index in [4.69, 9.17) is 18.9 Å². The van der Waals surface area contributed by atoms with Gasteiger partial charge in [0, 0.05) is 88.6 Å². The number of rotatable bonds is 18. The van der Waals surface area contributed by atoms with Crippen molar-refractivity contribution in [3.05, 3.63) is 310 Å². The van der Waals surface area contributed by atoms with Gasteiger partial charge in [-0.2, -0.15) is 0 Å². The summed E-state index contributed by atoms with van der Waals surface area (Å²) in [7, 11) is 0. The SMILES string of the molecule is CC(O)COc1ccc(-c2cn(-c3ccccc3)c3c(=O)[nH]cnc23)cc1.CC(O)COc1ccc(-c2cn(-c3ccccc3)c3nc[nH]c(=O)c23)cc1.O=C(Nc1ccc(-c2cn(-c3ccccc3)c3nc[nH]c(=O)c23)cc1)N1CCC(O)C1.O=c1[nH]cnc2c1c(-c1ccc(OCC3(O)COC3)cc1)cn2-c1ccccc1. The number of H-pyrrole nitrogens is 4. The Hall–Kier alpha value is -14.1. The molecular weight excluding hydrogens is 1450 g/mol. The van der Waals surface area contributed by atoms with E-state index in [1.165, 1.54) is 25.3 Å². The fraction of sp³-hybridized carbons (Fsp3) is 0.161. The normalized spacial score (nSPS) is 14.0. The second-order valence-corrected chi connectivity index (χ2v) is 27.5. The lowest BCUT2D eigenvalue weighted by molar-refractivity contribution is -0.192. The number of hydrogen-bond donors (Lipinski definition) is 9. The zero-order valence-electron chi connectivity index (χ0n) is 61.8. The van der Waals surface area contributed by atoms with Crippen LogP contribution in [-0.4, -0.2) is 160 Å². The number of carbonyl (C=O) groups is 1. The summed E-state index contributed by atoms with van der Waals surface area (Å²) >= 11 is 0. The summed E-state index contributed by atoms with van der Waals surface area (Å²) in [6, 6.07) is 68.5. The Bertz CT molecular complexity index is 6260. The molecule has 10 heterocycles. The third kappa shape index (κ3) is 16.7. The van der Waals surface area contributed by atoms with Gasteiger partial charge in [0.25, 0.3) is 22.2 Å². The van der Waals surface area contributed by atoms with E-state index in [9.17, 15) is 44.4 Å². The average molecular weight is 1530 g/mol. The monoisotopic (exact) mass is 1530 g/mol. The number of urea groups is 1. The van der Waals surface area contributed by atoms with Gasteiger partial charge >= 0.3 is 6.03 Å². The van der Waals surface area contributed by atoms with Crippen LogP contribution in [0.15, 0.2) is 288 Å². The van der Waals surface area contributed by atoms with Crippen molar-refractivity contribution in [2.24, 2.45) is 0 Å². The fourth-order valence-electron chi connectivity index (χ4n) is 13.4. The smallest absolute Gasteiger partial charge is 0.321 e. The number of nitrogens with zero attached hydrogens (tertiary/aromatic N) is 9. The van der Waals surface area contributed by atoms with Crippen molar-refractivity contribution in [3.8, 4) is 84.5 Å². The van der Waals surface area contributed by atoms with Gasteiger partial charge in [-0.05, 0) is 140 Å². The highest BCUT2D eigenvalue weighted by Gasteiger charge is 2.37. The van der Waals surface area contributed by atoms with E-state index >= 15 is 0 Å². The van der Waals surface area contributed by atoms with Gasteiger partial charge in [-0.15, -0.1) is 0 Å². The number of amides is 2. The van der Waals surface area contributed by atoms with Gasteiger partial charge < -0.3 is 87.8 Å². The Labute approximate surface area is 649 Å². The number of carbonyl (C=O) groups excluding carboxylic acids is 1. The van der Waals surface area contributed by atoms with Crippen molar-refractivity contribution in [3.63, 3.8) is 0 Å². The van der Waals surface area contributed by atoms with Crippen LogP contribution in [0.5, 0.6) is 17.2 Å². The number of aliphatic hydroxyl groups is 4. The molecule has 574 valence electrons. The van der Waals surface area contributed by atoms with Crippen molar-refractivity contribution >= 4 is 55.9 Å². The van der Waals surface area contributed by atoms with Crippen LogP contribution in [-0.2, 0) is 4.74 Å². The molecule has 2 aliphatic heterocycles. The van der Waals surface area contributed by atoms with Crippen molar-refractivity contribution < 1.29 is 44.2 Å². The lowest BCUT2D eigenvalue weighted by Gasteiger charge is -2.35. The van der Waals surface area contributed by atoms with Crippen molar-refractivity contribution in [2.75, 3.05) is 51.4 Å². The largest absolute Gasteiger partial charge is 0.491 e. The Balaban J connectivity index is 0.000000120. The Kier molecular flexibility index (Phi) is 22.2.